The molecule has 1 aliphatic carbocycles. The largest absolute Gasteiger partial charge is 0.466 e. The van der Waals surface area contributed by atoms with Crippen LogP contribution in [0, 0.1) is 11.3 Å². The number of carbonyl (C=O) groups is 3. The number of hydrogen-bond donors (Lipinski definition) is 0. The van der Waals surface area contributed by atoms with Gasteiger partial charge < -0.3 is 19.1 Å². The Morgan fingerprint density at radius 1 is 1.11 bits per heavy atom. The minimum absolute atomic E-state index is 0.0910. The Bertz CT molecular complexity index is 625. The number of ether oxygens (including phenoxy) is 3. The molecule has 1 atom stereocenters. The summed E-state index contributed by atoms with van der Waals surface area (Å²) >= 11 is 0. The van der Waals surface area contributed by atoms with Gasteiger partial charge in [0.25, 0.3) is 0 Å². The number of likely N-dealkylation sites (tertiary alicyclic amines) is 1. The van der Waals surface area contributed by atoms with Crippen molar-refractivity contribution in [3.63, 3.8) is 0 Å². The molecule has 1 aliphatic heterocycles. The predicted octanol–water partition coefficient (Wildman–Crippen LogP) is 3.47. The fraction of sp³-hybridized carbons (Fsp3) is 0.762. The molecule has 1 amide bonds. The van der Waals surface area contributed by atoms with E-state index in [4.69, 9.17) is 14.2 Å². The Kier molecular flexibility index (Phi) is 7.12. The normalized spacial score (nSPS) is 21.2. The van der Waals surface area contributed by atoms with Gasteiger partial charge in [-0.2, -0.15) is 0 Å². The highest BCUT2D eigenvalue weighted by molar-refractivity contribution is 5.89. The van der Waals surface area contributed by atoms with E-state index in [9.17, 15) is 14.4 Å². The highest BCUT2D eigenvalue weighted by atomic mass is 16.6. The van der Waals surface area contributed by atoms with Crippen LogP contribution in [0.3, 0.4) is 0 Å². The first kappa shape index (κ1) is 22.2. The fourth-order valence-corrected chi connectivity index (χ4v) is 4.04. The second-order valence-electron chi connectivity index (χ2n) is 8.53. The summed E-state index contributed by atoms with van der Waals surface area (Å²) in [7, 11) is 0. The van der Waals surface area contributed by atoms with Crippen LogP contribution in [-0.2, 0) is 23.8 Å². The van der Waals surface area contributed by atoms with E-state index in [1.165, 1.54) is 0 Å². The van der Waals surface area contributed by atoms with Gasteiger partial charge >= 0.3 is 18.0 Å². The zero-order valence-electron chi connectivity index (χ0n) is 17.7. The molecule has 7 nitrogen and oxygen atoms in total. The van der Waals surface area contributed by atoms with Crippen molar-refractivity contribution >= 4 is 18.0 Å². The maximum absolute atomic E-state index is 12.4. The Hall–Kier alpha value is -2.05. The summed E-state index contributed by atoms with van der Waals surface area (Å²) in [6, 6.07) is 0. The molecule has 0 unspecified atom stereocenters. The van der Waals surface area contributed by atoms with Gasteiger partial charge in [-0.05, 0) is 65.2 Å². The molecule has 0 aromatic heterocycles. The molecule has 2 rings (SSSR count). The smallest absolute Gasteiger partial charge is 0.410 e. The Morgan fingerprint density at radius 3 is 2.25 bits per heavy atom. The first-order valence-electron chi connectivity index (χ1n) is 10.1. The zero-order valence-corrected chi connectivity index (χ0v) is 17.7. The van der Waals surface area contributed by atoms with E-state index >= 15 is 0 Å². The molecule has 28 heavy (non-hydrogen) atoms. The second-order valence-corrected chi connectivity index (χ2v) is 8.53. The van der Waals surface area contributed by atoms with Crippen LogP contribution >= 0.6 is 0 Å². The van der Waals surface area contributed by atoms with Gasteiger partial charge in [-0.3, -0.25) is 4.79 Å². The van der Waals surface area contributed by atoms with Crippen LogP contribution in [0.15, 0.2) is 11.6 Å². The van der Waals surface area contributed by atoms with Crippen LogP contribution in [0.1, 0.15) is 60.3 Å². The van der Waals surface area contributed by atoms with Crippen LogP contribution in [0.2, 0.25) is 0 Å². The molecule has 1 fully saturated rings. The van der Waals surface area contributed by atoms with Gasteiger partial charge in [-0.25, -0.2) is 9.59 Å². The summed E-state index contributed by atoms with van der Waals surface area (Å²) in [5, 5.41) is 0. The highest BCUT2D eigenvalue weighted by Gasteiger charge is 2.48. The van der Waals surface area contributed by atoms with Crippen molar-refractivity contribution in [1.29, 1.82) is 0 Å². The monoisotopic (exact) mass is 395 g/mol. The molecular weight excluding hydrogens is 362 g/mol. The number of amides is 1. The van der Waals surface area contributed by atoms with E-state index in [-0.39, 0.29) is 35.8 Å². The van der Waals surface area contributed by atoms with Crippen molar-refractivity contribution in [3.05, 3.63) is 11.6 Å². The summed E-state index contributed by atoms with van der Waals surface area (Å²) in [5.74, 6) is -0.669. The topological polar surface area (TPSA) is 82.1 Å². The first-order valence-corrected chi connectivity index (χ1v) is 10.1. The molecular formula is C21H33NO6. The van der Waals surface area contributed by atoms with Crippen molar-refractivity contribution in [2.75, 3.05) is 26.3 Å². The summed E-state index contributed by atoms with van der Waals surface area (Å²) in [6.07, 6.45) is 3.78. The Labute approximate surface area is 167 Å². The number of esters is 2. The van der Waals surface area contributed by atoms with E-state index < -0.39 is 5.60 Å². The van der Waals surface area contributed by atoms with E-state index in [1.54, 1.807) is 18.7 Å². The number of piperidine rings is 1. The third kappa shape index (κ3) is 5.49. The minimum atomic E-state index is -0.537. The fourth-order valence-electron chi connectivity index (χ4n) is 4.04. The lowest BCUT2D eigenvalue weighted by Crippen LogP contribution is -2.46. The third-order valence-corrected chi connectivity index (χ3v) is 5.37. The van der Waals surface area contributed by atoms with Gasteiger partial charge in [0.15, 0.2) is 0 Å². The van der Waals surface area contributed by atoms with Crippen molar-refractivity contribution < 1.29 is 28.6 Å². The number of rotatable bonds is 5. The van der Waals surface area contributed by atoms with Gasteiger partial charge in [-0.1, -0.05) is 6.08 Å². The molecule has 0 saturated carbocycles. The molecule has 2 aliphatic rings. The number of carbonyl (C=O) groups excluding carboxylic acids is 3. The average Bonchev–Trinajstić information content (AvgIpc) is 2.92. The van der Waals surface area contributed by atoms with E-state index in [2.05, 4.69) is 0 Å². The molecule has 158 valence electrons. The van der Waals surface area contributed by atoms with Gasteiger partial charge in [0, 0.05) is 18.7 Å². The summed E-state index contributed by atoms with van der Waals surface area (Å²) < 4.78 is 15.8. The van der Waals surface area contributed by atoms with E-state index in [0.29, 0.717) is 51.1 Å². The lowest BCUT2D eigenvalue weighted by atomic mass is 9.68. The molecule has 0 aromatic rings. The van der Waals surface area contributed by atoms with Crippen LogP contribution in [0.25, 0.3) is 0 Å². The van der Waals surface area contributed by atoms with Gasteiger partial charge in [0.1, 0.15) is 5.60 Å². The third-order valence-electron chi connectivity index (χ3n) is 5.37. The molecule has 7 heteroatoms. The van der Waals surface area contributed by atoms with E-state index in [1.807, 2.05) is 26.8 Å². The minimum Gasteiger partial charge on any atom is -0.466 e. The SMILES string of the molecule is CCOC(=O)C[C@H]1C=C(C(=O)OCC)CC12CCN(C(=O)OC(C)(C)C)CC2. The summed E-state index contributed by atoms with van der Waals surface area (Å²) in [4.78, 5) is 38.4. The second kappa shape index (κ2) is 8.97. The van der Waals surface area contributed by atoms with Crippen molar-refractivity contribution in [1.82, 2.24) is 4.90 Å². The predicted molar refractivity (Wildman–Crippen MR) is 104 cm³/mol. The molecule has 1 spiro atoms. The van der Waals surface area contributed by atoms with Crippen molar-refractivity contribution in [2.24, 2.45) is 11.3 Å². The maximum Gasteiger partial charge on any atom is 0.410 e. The Balaban J connectivity index is 2.10. The van der Waals surface area contributed by atoms with E-state index in [0.717, 1.165) is 0 Å². The van der Waals surface area contributed by atoms with Crippen LogP contribution < -0.4 is 0 Å². The summed E-state index contributed by atoms with van der Waals surface area (Å²) in [5.41, 5.74) is -0.139. The van der Waals surface area contributed by atoms with Crippen LogP contribution in [0.5, 0.6) is 0 Å². The molecule has 1 heterocycles. The lowest BCUT2D eigenvalue weighted by molar-refractivity contribution is -0.145. The van der Waals surface area contributed by atoms with Gasteiger partial charge in [0.05, 0.1) is 19.6 Å². The van der Waals surface area contributed by atoms with Crippen molar-refractivity contribution in [2.45, 2.75) is 65.9 Å². The van der Waals surface area contributed by atoms with Gasteiger partial charge in [0.2, 0.25) is 0 Å². The number of nitrogens with zero attached hydrogens (tertiary/aromatic N) is 1. The molecule has 0 bridgehead atoms. The number of allylic oxidation sites excluding steroid dienone is 1. The number of hydrogen-bond acceptors (Lipinski definition) is 6. The standard InChI is InChI=1S/C21H33NO6/c1-6-26-17(23)13-16-12-15(18(24)27-7-2)14-21(16)8-10-22(11-9-21)19(25)28-20(3,4)5/h12,16H,6-11,13-14H2,1-5H3/t16-/m1/s1. The average molecular weight is 395 g/mol. The lowest BCUT2D eigenvalue weighted by Gasteiger charge is -2.43. The maximum atomic E-state index is 12.4. The zero-order chi connectivity index (χ0) is 20.9. The molecule has 0 aromatic carbocycles. The van der Waals surface area contributed by atoms with Gasteiger partial charge in [-0.15, -0.1) is 0 Å². The highest BCUT2D eigenvalue weighted by Crippen LogP contribution is 2.51. The van der Waals surface area contributed by atoms with Crippen molar-refractivity contribution in [3.8, 4) is 0 Å². The Morgan fingerprint density at radius 2 is 1.71 bits per heavy atom. The van der Waals surface area contributed by atoms with Crippen LogP contribution in [-0.4, -0.2) is 54.8 Å². The summed E-state index contributed by atoms with van der Waals surface area (Å²) in [6.45, 7) is 10.8. The van der Waals surface area contributed by atoms with Crippen LogP contribution in [0.4, 0.5) is 4.79 Å². The molecule has 0 radical (unpaired) electrons. The molecule has 0 N–H and O–H groups in total. The first-order chi connectivity index (χ1) is 13.1. The molecule has 1 saturated heterocycles. The quantitative estimate of drug-likeness (QED) is 0.524.